The maximum atomic E-state index is 10.3. The predicted octanol–water partition coefficient (Wildman–Crippen LogP) is 11.8. The molecule has 0 atom stereocenters. The summed E-state index contributed by atoms with van der Waals surface area (Å²) in [6, 6.07) is 61.6. The zero-order valence-electron chi connectivity index (χ0n) is 27.1. The Kier molecular flexibility index (Phi) is 6.98. The average molecular weight is 636 g/mol. The number of hydrogen-bond donors (Lipinski definition) is 0. The van der Waals surface area contributed by atoms with E-state index in [1.54, 1.807) is 0 Å². The largest absolute Gasteiger partial charge is 0.309 e. The number of nitrogens with zero attached hydrogens (tertiary/aromatic N) is 3. The first-order chi connectivity index (χ1) is 24.7. The average Bonchev–Trinajstić information content (AvgIpc) is 3.52. The second kappa shape index (κ2) is 11.9. The maximum Gasteiger partial charge on any atom is 0.0992 e. The van der Waals surface area contributed by atoms with Crippen LogP contribution in [0.5, 0.6) is 0 Å². The molecule has 1 aromatic heterocycles. The molecule has 0 radical (unpaired) electrons. The van der Waals surface area contributed by atoms with Gasteiger partial charge in [-0.1, -0.05) is 121 Å². The summed E-state index contributed by atoms with van der Waals surface area (Å²) in [5.41, 5.74) is 10.8. The van der Waals surface area contributed by atoms with E-state index in [-0.39, 0.29) is 0 Å². The highest BCUT2D eigenvalue weighted by atomic mass is 15.0. The van der Waals surface area contributed by atoms with Gasteiger partial charge in [0.15, 0.2) is 0 Å². The fourth-order valence-corrected chi connectivity index (χ4v) is 7.75. The molecule has 9 rings (SSSR count). The van der Waals surface area contributed by atoms with Gasteiger partial charge in [-0.05, 0) is 104 Å². The van der Waals surface area contributed by atoms with E-state index in [0.29, 0.717) is 17.5 Å². The monoisotopic (exact) mass is 635 g/mol. The Morgan fingerprint density at radius 2 is 0.980 bits per heavy atom. The molecule has 0 saturated heterocycles. The number of benzene rings is 8. The first-order valence-corrected chi connectivity index (χ1v) is 16.8. The molecule has 0 aliphatic carbocycles. The lowest BCUT2D eigenvalue weighted by atomic mass is 9.85. The first kappa shape index (κ1) is 29.2. The number of fused-ring (bicyclic) bond motifs is 5. The zero-order chi connectivity index (χ0) is 33.6. The third-order valence-corrected chi connectivity index (χ3v) is 9.91. The molecule has 0 fully saturated rings. The van der Waals surface area contributed by atoms with E-state index in [0.717, 1.165) is 44.2 Å². The third-order valence-electron chi connectivity index (χ3n) is 9.91. The van der Waals surface area contributed by atoms with Gasteiger partial charge in [-0.3, -0.25) is 0 Å². The van der Waals surface area contributed by atoms with E-state index in [4.69, 9.17) is 0 Å². The minimum absolute atomic E-state index is 0.566. The highest BCUT2D eigenvalue weighted by Gasteiger charge is 2.19. The van der Waals surface area contributed by atoms with Crippen molar-refractivity contribution in [2.75, 3.05) is 0 Å². The number of rotatable bonds is 5. The number of hydrogen-bond acceptors (Lipinski definition) is 2. The molecule has 9 aromatic rings. The van der Waals surface area contributed by atoms with Gasteiger partial charge in [0.25, 0.3) is 0 Å². The predicted molar refractivity (Wildman–Crippen MR) is 205 cm³/mol. The van der Waals surface area contributed by atoms with Crippen molar-refractivity contribution in [2.24, 2.45) is 0 Å². The Labute approximate surface area is 290 Å². The SMILES string of the molecule is N#Cc1cc(-c2cc(C#N)ccc2Cc2c3ccccc3c(-c3ccccc3)c3ccccc23)cc(-n2c3ccccc3c3ccccc32)c1. The van der Waals surface area contributed by atoms with E-state index in [1.807, 2.05) is 24.3 Å². The van der Waals surface area contributed by atoms with Crippen molar-refractivity contribution in [3.8, 4) is 40.1 Å². The van der Waals surface area contributed by atoms with Gasteiger partial charge in [-0.2, -0.15) is 10.5 Å². The molecule has 1 heterocycles. The van der Waals surface area contributed by atoms with Crippen LogP contribution in [0.4, 0.5) is 0 Å². The molecule has 8 aromatic carbocycles. The molecule has 0 saturated carbocycles. The van der Waals surface area contributed by atoms with Crippen LogP contribution < -0.4 is 0 Å². The van der Waals surface area contributed by atoms with Crippen LogP contribution >= 0.6 is 0 Å². The van der Waals surface area contributed by atoms with Crippen molar-refractivity contribution in [3.63, 3.8) is 0 Å². The fraction of sp³-hybridized carbons (Fsp3) is 0.0213. The van der Waals surface area contributed by atoms with Crippen LogP contribution in [0, 0.1) is 22.7 Å². The lowest BCUT2D eigenvalue weighted by Gasteiger charge is -2.19. The van der Waals surface area contributed by atoms with Gasteiger partial charge in [-0.25, -0.2) is 0 Å². The van der Waals surface area contributed by atoms with E-state index < -0.39 is 0 Å². The maximum absolute atomic E-state index is 10.3. The third kappa shape index (κ3) is 4.73. The van der Waals surface area contributed by atoms with Crippen molar-refractivity contribution in [1.29, 1.82) is 10.5 Å². The molecule has 0 aliphatic rings. The molecular weight excluding hydrogens is 607 g/mol. The minimum atomic E-state index is 0.566. The molecule has 0 N–H and O–H groups in total. The van der Waals surface area contributed by atoms with Crippen molar-refractivity contribution in [3.05, 3.63) is 186 Å². The molecule has 232 valence electrons. The van der Waals surface area contributed by atoms with Crippen molar-refractivity contribution in [1.82, 2.24) is 4.57 Å². The minimum Gasteiger partial charge on any atom is -0.309 e. The molecule has 0 aliphatic heterocycles. The van der Waals surface area contributed by atoms with Gasteiger partial charge < -0.3 is 4.57 Å². The Hall–Kier alpha value is -6.94. The van der Waals surface area contributed by atoms with Gasteiger partial charge in [-0.15, -0.1) is 0 Å². The molecule has 0 amide bonds. The van der Waals surface area contributed by atoms with Crippen LogP contribution in [-0.4, -0.2) is 4.57 Å². The second-order valence-corrected chi connectivity index (χ2v) is 12.7. The Morgan fingerprint density at radius 3 is 1.58 bits per heavy atom. The summed E-state index contributed by atoms with van der Waals surface area (Å²) in [4.78, 5) is 0. The quantitative estimate of drug-likeness (QED) is 0.177. The molecule has 50 heavy (non-hydrogen) atoms. The Balaban J connectivity index is 1.28. The van der Waals surface area contributed by atoms with Crippen molar-refractivity contribution < 1.29 is 0 Å². The summed E-state index contributed by atoms with van der Waals surface area (Å²) in [5, 5.41) is 27.5. The summed E-state index contributed by atoms with van der Waals surface area (Å²) < 4.78 is 2.24. The second-order valence-electron chi connectivity index (χ2n) is 12.7. The Morgan fingerprint density at radius 1 is 0.440 bits per heavy atom. The molecule has 0 unspecified atom stereocenters. The summed E-state index contributed by atoms with van der Waals surface area (Å²) >= 11 is 0. The van der Waals surface area contributed by atoms with Crippen LogP contribution in [0.15, 0.2) is 164 Å². The lowest BCUT2D eigenvalue weighted by molar-refractivity contribution is 1.17. The van der Waals surface area contributed by atoms with Gasteiger partial charge in [0, 0.05) is 16.5 Å². The molecule has 3 heteroatoms. The van der Waals surface area contributed by atoms with Crippen LogP contribution in [0.2, 0.25) is 0 Å². The highest BCUT2D eigenvalue weighted by Crippen LogP contribution is 2.41. The molecule has 0 bridgehead atoms. The number of para-hydroxylation sites is 2. The summed E-state index contributed by atoms with van der Waals surface area (Å²) in [5.74, 6) is 0. The van der Waals surface area contributed by atoms with Gasteiger partial charge >= 0.3 is 0 Å². The van der Waals surface area contributed by atoms with E-state index in [1.165, 1.54) is 38.2 Å². The van der Waals surface area contributed by atoms with Gasteiger partial charge in [0.2, 0.25) is 0 Å². The Bertz CT molecular complexity index is 2750. The molecule has 3 nitrogen and oxygen atoms in total. The van der Waals surface area contributed by atoms with Crippen molar-refractivity contribution in [2.45, 2.75) is 6.42 Å². The molecule has 0 spiro atoms. The number of nitriles is 2. The number of aromatic nitrogens is 1. The topological polar surface area (TPSA) is 52.5 Å². The molecular formula is C47H29N3. The first-order valence-electron chi connectivity index (χ1n) is 16.8. The lowest BCUT2D eigenvalue weighted by Crippen LogP contribution is -2.00. The highest BCUT2D eigenvalue weighted by molar-refractivity contribution is 6.15. The summed E-state index contributed by atoms with van der Waals surface area (Å²) in [6.45, 7) is 0. The smallest absolute Gasteiger partial charge is 0.0992 e. The normalized spacial score (nSPS) is 11.2. The summed E-state index contributed by atoms with van der Waals surface area (Å²) in [7, 11) is 0. The van der Waals surface area contributed by atoms with E-state index in [2.05, 4.69) is 156 Å². The van der Waals surface area contributed by atoms with Gasteiger partial charge in [0.1, 0.15) is 0 Å². The van der Waals surface area contributed by atoms with E-state index in [9.17, 15) is 10.5 Å². The van der Waals surface area contributed by atoms with Crippen LogP contribution in [0.25, 0.3) is 71.3 Å². The van der Waals surface area contributed by atoms with Crippen LogP contribution in [-0.2, 0) is 6.42 Å². The van der Waals surface area contributed by atoms with Crippen LogP contribution in [0.3, 0.4) is 0 Å². The van der Waals surface area contributed by atoms with Gasteiger partial charge in [0.05, 0.1) is 34.3 Å². The summed E-state index contributed by atoms with van der Waals surface area (Å²) in [6.07, 6.45) is 0.651. The van der Waals surface area contributed by atoms with Crippen molar-refractivity contribution >= 4 is 43.4 Å². The van der Waals surface area contributed by atoms with Crippen LogP contribution in [0.1, 0.15) is 22.3 Å². The fourth-order valence-electron chi connectivity index (χ4n) is 7.75. The van der Waals surface area contributed by atoms with E-state index >= 15 is 0 Å². The standard InChI is InChI=1S/C47H29N3/c48-29-31-22-23-34(28-44-37-14-4-6-18-41(37)47(33-12-2-1-3-13-33)42-19-7-5-15-38(42)44)43(26-31)35-24-32(30-49)25-36(27-35)50-45-20-10-8-16-39(45)40-17-9-11-21-46(40)50/h1-27H,28H2. The zero-order valence-corrected chi connectivity index (χ0v) is 27.1.